The number of hydrogen-bond acceptors (Lipinski definition) is 2. The molecule has 0 aliphatic carbocycles. The lowest BCUT2D eigenvalue weighted by Crippen LogP contribution is -2.50. The van der Waals surface area contributed by atoms with E-state index in [1.807, 2.05) is 5.32 Å². The molecule has 0 aliphatic rings. The van der Waals surface area contributed by atoms with Gasteiger partial charge in [-0.2, -0.15) is 39.5 Å². The minimum absolute atomic E-state index is 0.0670. The summed E-state index contributed by atoms with van der Waals surface area (Å²) in [6.07, 6.45) is -18.9. The maximum Gasteiger partial charge on any atom is 0.435 e. The molecule has 0 saturated heterocycles. The highest BCUT2D eigenvalue weighted by Crippen LogP contribution is 2.54. The van der Waals surface area contributed by atoms with Gasteiger partial charge in [0.15, 0.2) is 0 Å². The average Bonchev–Trinajstić information content (AvgIpc) is 2.86. The summed E-state index contributed by atoms with van der Waals surface area (Å²) in [6.45, 7) is 0. The van der Waals surface area contributed by atoms with E-state index in [0.29, 0.717) is 11.1 Å². The molecule has 3 aromatic rings. The lowest BCUT2D eigenvalue weighted by Gasteiger charge is -2.31. The first-order chi connectivity index (χ1) is 18.3. The topological polar surface area (TPSA) is 58.2 Å². The van der Waals surface area contributed by atoms with Crippen molar-refractivity contribution in [2.24, 2.45) is 0 Å². The highest BCUT2D eigenvalue weighted by Gasteiger charge is 2.73. The van der Waals surface area contributed by atoms with Crippen LogP contribution in [0.15, 0.2) is 60.7 Å². The minimum atomic E-state index is -6.65. The van der Waals surface area contributed by atoms with Crippen LogP contribution in [-0.4, -0.2) is 31.2 Å². The van der Waals surface area contributed by atoms with Gasteiger partial charge in [-0.25, -0.2) is 4.39 Å². The fraction of sp³-hybridized carbons (Fsp3) is 0.200. The van der Waals surface area contributed by atoms with E-state index in [9.17, 15) is 53.5 Å². The Labute approximate surface area is 232 Å². The fourth-order valence-electron chi connectivity index (χ4n) is 3.73. The largest absolute Gasteiger partial charge is 0.435 e. The fourth-order valence-corrected chi connectivity index (χ4v) is 4.49. The van der Waals surface area contributed by atoms with Gasteiger partial charge in [0.2, 0.25) is 0 Å². The van der Waals surface area contributed by atoms with Gasteiger partial charge in [0.25, 0.3) is 11.8 Å². The first kappa shape index (κ1) is 31.2. The predicted molar refractivity (Wildman–Crippen MR) is 132 cm³/mol. The third-order valence-corrected chi connectivity index (χ3v) is 6.50. The maximum atomic E-state index is 14.5. The van der Waals surface area contributed by atoms with Gasteiger partial charge in [0.05, 0.1) is 11.3 Å². The standard InChI is InChI=1S/C25H15F10IN2O2/c1-37-21(40)16-8-3-2-7-15(16)12-5-4-6-13(9-12)20(39)38-19-17(23(27,28)29)10-14(11-18(19)36)22(26,24(30,31)32)25(33,34)35/h2-11H,1H3,(H,37,40)(H,38,39). The van der Waals surface area contributed by atoms with Crippen molar-refractivity contribution in [1.29, 1.82) is 0 Å². The number of carbonyl (C=O) groups excluding carboxylic acids is 2. The van der Waals surface area contributed by atoms with Crippen LogP contribution in [0.25, 0.3) is 11.1 Å². The van der Waals surface area contributed by atoms with E-state index in [1.165, 1.54) is 43.4 Å². The van der Waals surface area contributed by atoms with Gasteiger partial charge in [-0.05, 0) is 64.0 Å². The molecule has 40 heavy (non-hydrogen) atoms. The molecule has 0 atom stereocenters. The normalized spacial score (nSPS) is 12.7. The SMILES string of the molecule is CNC(=O)c1ccccc1-c1cccc(C(=O)Nc2c(I)cc(C(F)(C(F)(F)F)C(F)(F)F)cc2C(F)(F)F)c1. The van der Waals surface area contributed by atoms with Crippen LogP contribution >= 0.6 is 22.6 Å². The second-order valence-electron chi connectivity index (χ2n) is 8.19. The van der Waals surface area contributed by atoms with Crippen LogP contribution in [0.3, 0.4) is 0 Å². The molecule has 2 N–H and O–H groups in total. The van der Waals surface area contributed by atoms with E-state index in [4.69, 9.17) is 0 Å². The Morgan fingerprint density at radius 1 is 0.750 bits per heavy atom. The number of anilines is 1. The van der Waals surface area contributed by atoms with Crippen LogP contribution in [-0.2, 0) is 11.8 Å². The third kappa shape index (κ3) is 5.88. The summed E-state index contributed by atoms with van der Waals surface area (Å²) < 4.78 is 134. The second-order valence-corrected chi connectivity index (χ2v) is 9.35. The molecule has 2 amide bonds. The molecule has 0 fully saturated rings. The van der Waals surface area contributed by atoms with Crippen LogP contribution in [0.1, 0.15) is 31.8 Å². The first-order valence-electron chi connectivity index (χ1n) is 10.8. The van der Waals surface area contributed by atoms with E-state index in [-0.39, 0.29) is 17.2 Å². The number of hydrogen-bond donors (Lipinski definition) is 2. The van der Waals surface area contributed by atoms with Crippen molar-refractivity contribution in [1.82, 2.24) is 5.32 Å². The molecular weight excluding hydrogens is 677 g/mol. The highest BCUT2D eigenvalue weighted by atomic mass is 127. The van der Waals surface area contributed by atoms with E-state index in [0.717, 1.165) is 22.6 Å². The summed E-state index contributed by atoms with van der Waals surface area (Å²) in [7, 11) is 1.38. The van der Waals surface area contributed by atoms with Crippen molar-refractivity contribution in [2.75, 3.05) is 12.4 Å². The van der Waals surface area contributed by atoms with Crippen LogP contribution in [0.4, 0.5) is 49.6 Å². The van der Waals surface area contributed by atoms with Crippen molar-refractivity contribution in [2.45, 2.75) is 24.2 Å². The zero-order chi connectivity index (χ0) is 30.3. The van der Waals surface area contributed by atoms with E-state index >= 15 is 0 Å². The zero-order valence-electron chi connectivity index (χ0n) is 19.7. The number of amides is 2. The third-order valence-electron chi connectivity index (χ3n) is 5.65. The summed E-state index contributed by atoms with van der Waals surface area (Å²) in [6, 6.07) is 10.7. The van der Waals surface area contributed by atoms with Crippen molar-refractivity contribution in [3.8, 4) is 11.1 Å². The minimum Gasteiger partial charge on any atom is -0.355 e. The Morgan fingerprint density at radius 3 is 1.90 bits per heavy atom. The van der Waals surface area contributed by atoms with E-state index in [2.05, 4.69) is 5.32 Å². The summed E-state index contributed by atoms with van der Waals surface area (Å²) in [5.41, 5.74) is -11.2. The lowest BCUT2D eigenvalue weighted by molar-refractivity contribution is -0.348. The Kier molecular flexibility index (Phi) is 8.49. The van der Waals surface area contributed by atoms with Gasteiger partial charge >= 0.3 is 24.2 Å². The second kappa shape index (κ2) is 10.9. The molecule has 0 radical (unpaired) electrons. The lowest BCUT2D eigenvalue weighted by atomic mass is 9.92. The number of rotatable bonds is 5. The Balaban J connectivity index is 2.11. The molecule has 0 bridgehead atoms. The highest BCUT2D eigenvalue weighted by molar-refractivity contribution is 14.1. The molecule has 214 valence electrons. The van der Waals surface area contributed by atoms with Crippen LogP contribution < -0.4 is 10.6 Å². The molecule has 0 aliphatic heterocycles. The number of benzene rings is 3. The zero-order valence-corrected chi connectivity index (χ0v) is 21.9. The molecule has 0 spiro atoms. The summed E-state index contributed by atoms with van der Waals surface area (Å²) >= 11 is 0.972. The van der Waals surface area contributed by atoms with Gasteiger partial charge in [-0.1, -0.05) is 30.3 Å². The Bertz CT molecular complexity index is 1430. The number of nitrogens with one attached hydrogen (secondary N) is 2. The average molecular weight is 692 g/mol. The van der Waals surface area contributed by atoms with Gasteiger partial charge < -0.3 is 10.6 Å². The molecule has 3 rings (SSSR count). The predicted octanol–water partition coefficient (Wildman–Crippen LogP) is 7.88. The summed E-state index contributed by atoms with van der Waals surface area (Å²) in [4.78, 5) is 25.1. The van der Waals surface area contributed by atoms with Crippen molar-refractivity contribution < 1.29 is 53.5 Å². The summed E-state index contributed by atoms with van der Waals surface area (Å²) in [5.74, 6) is -1.69. The molecule has 3 aromatic carbocycles. The monoisotopic (exact) mass is 692 g/mol. The van der Waals surface area contributed by atoms with E-state index < -0.39 is 62.5 Å². The Hall–Kier alpha value is -3.37. The Morgan fingerprint density at radius 2 is 1.35 bits per heavy atom. The number of halogens is 11. The molecule has 0 saturated carbocycles. The number of carbonyl (C=O) groups is 2. The quantitative estimate of drug-likeness (QED) is 0.211. The number of alkyl halides is 10. The molecular formula is C25H15F10IN2O2. The van der Waals surface area contributed by atoms with Gasteiger partial charge in [0.1, 0.15) is 0 Å². The van der Waals surface area contributed by atoms with Crippen LogP contribution in [0.5, 0.6) is 0 Å². The smallest absolute Gasteiger partial charge is 0.355 e. The molecule has 0 heterocycles. The van der Waals surface area contributed by atoms with Crippen LogP contribution in [0, 0.1) is 3.57 Å². The van der Waals surface area contributed by atoms with Crippen molar-refractivity contribution in [3.63, 3.8) is 0 Å². The van der Waals surface area contributed by atoms with Crippen LogP contribution in [0.2, 0.25) is 0 Å². The van der Waals surface area contributed by atoms with Gasteiger partial charge in [-0.15, -0.1) is 0 Å². The van der Waals surface area contributed by atoms with Crippen molar-refractivity contribution >= 4 is 40.1 Å². The van der Waals surface area contributed by atoms with E-state index in [1.54, 1.807) is 12.1 Å². The summed E-state index contributed by atoms with van der Waals surface area (Å²) in [5, 5.41) is 4.28. The molecule has 0 aromatic heterocycles. The van der Waals surface area contributed by atoms with Gasteiger partial charge in [0, 0.05) is 27.3 Å². The molecule has 4 nitrogen and oxygen atoms in total. The van der Waals surface area contributed by atoms with Gasteiger partial charge in [-0.3, -0.25) is 9.59 Å². The molecule has 15 heteroatoms. The maximum absolute atomic E-state index is 14.5. The molecule has 0 unspecified atom stereocenters. The first-order valence-corrected chi connectivity index (χ1v) is 11.9. The van der Waals surface area contributed by atoms with Crippen molar-refractivity contribution in [3.05, 3.63) is 86.5 Å².